The Morgan fingerprint density at radius 3 is 2.33 bits per heavy atom. The Balaban J connectivity index is 1.43. The molecule has 8 heteroatoms. The van der Waals surface area contributed by atoms with Crippen molar-refractivity contribution in [1.82, 2.24) is 0 Å². The van der Waals surface area contributed by atoms with Crippen LogP contribution in [0.15, 0.2) is 66.7 Å². The number of benzene rings is 3. The van der Waals surface area contributed by atoms with Crippen LogP contribution in [0.3, 0.4) is 0 Å². The summed E-state index contributed by atoms with van der Waals surface area (Å²) < 4.78 is 5.08. The van der Waals surface area contributed by atoms with Crippen molar-refractivity contribution >= 4 is 46.7 Å². The second kappa shape index (κ2) is 9.26. The SMILES string of the molecule is CCc1ccc(NC(=O)COC(=O)c2ccc3c(c2)C(=O)N(c2ccccc2Cl)C3=O)cc1. The van der Waals surface area contributed by atoms with Crippen molar-refractivity contribution in [3.8, 4) is 0 Å². The van der Waals surface area contributed by atoms with E-state index in [0.717, 1.165) is 16.9 Å². The molecular weight excluding hydrogens is 444 g/mol. The Kier molecular flexibility index (Phi) is 6.24. The molecule has 1 heterocycles. The van der Waals surface area contributed by atoms with Gasteiger partial charge in [0, 0.05) is 5.69 Å². The fraction of sp³-hybridized carbons (Fsp3) is 0.120. The molecule has 4 rings (SSSR count). The maximum Gasteiger partial charge on any atom is 0.338 e. The maximum absolute atomic E-state index is 12.9. The number of esters is 1. The van der Waals surface area contributed by atoms with Crippen LogP contribution in [0.25, 0.3) is 0 Å². The Labute approximate surface area is 194 Å². The molecule has 3 amide bonds. The van der Waals surface area contributed by atoms with Crippen LogP contribution >= 0.6 is 11.6 Å². The molecule has 0 aromatic heterocycles. The molecule has 0 aliphatic carbocycles. The Morgan fingerprint density at radius 1 is 0.939 bits per heavy atom. The number of ether oxygens (including phenoxy) is 1. The number of rotatable bonds is 6. The summed E-state index contributed by atoms with van der Waals surface area (Å²) in [5.74, 6) is -2.40. The number of para-hydroxylation sites is 1. The molecule has 1 aliphatic heterocycles. The van der Waals surface area contributed by atoms with Gasteiger partial charge in [0.05, 0.1) is 27.4 Å². The first-order valence-corrected chi connectivity index (χ1v) is 10.6. The van der Waals surface area contributed by atoms with E-state index in [4.69, 9.17) is 16.3 Å². The molecule has 166 valence electrons. The molecule has 0 saturated heterocycles. The van der Waals surface area contributed by atoms with Gasteiger partial charge in [-0.25, -0.2) is 9.69 Å². The van der Waals surface area contributed by atoms with Gasteiger partial charge in [0.25, 0.3) is 17.7 Å². The molecule has 0 spiro atoms. The van der Waals surface area contributed by atoms with Crippen LogP contribution in [0, 0.1) is 0 Å². The number of hydrogen-bond donors (Lipinski definition) is 1. The molecule has 0 bridgehead atoms. The number of halogens is 1. The van der Waals surface area contributed by atoms with Crippen molar-refractivity contribution in [3.05, 3.63) is 94.0 Å². The summed E-state index contributed by atoms with van der Waals surface area (Å²) in [4.78, 5) is 51.2. The van der Waals surface area contributed by atoms with Crippen LogP contribution < -0.4 is 10.2 Å². The van der Waals surface area contributed by atoms with E-state index >= 15 is 0 Å². The highest BCUT2D eigenvalue weighted by Gasteiger charge is 2.38. The van der Waals surface area contributed by atoms with Crippen LogP contribution in [0.1, 0.15) is 43.6 Å². The summed E-state index contributed by atoms with van der Waals surface area (Å²) in [6.45, 7) is 1.54. The molecule has 0 saturated carbocycles. The monoisotopic (exact) mass is 462 g/mol. The highest BCUT2D eigenvalue weighted by molar-refractivity contribution is 6.39. The third-order valence-corrected chi connectivity index (χ3v) is 5.52. The minimum absolute atomic E-state index is 0.0519. The number of imide groups is 1. The number of amides is 3. The van der Waals surface area contributed by atoms with Gasteiger partial charge in [0.1, 0.15) is 0 Å². The molecule has 0 atom stereocenters. The van der Waals surface area contributed by atoms with Crippen molar-refractivity contribution in [2.45, 2.75) is 13.3 Å². The lowest BCUT2D eigenvalue weighted by atomic mass is 10.1. The standard InChI is InChI=1S/C25H19ClN2O5/c1-2-15-7-10-17(11-8-15)27-22(29)14-33-25(32)16-9-12-18-19(13-16)24(31)28(23(18)30)21-6-4-3-5-20(21)26/h3-13H,2,14H2,1H3,(H,27,29). The van der Waals surface area contributed by atoms with Gasteiger partial charge in [0.15, 0.2) is 6.61 Å². The van der Waals surface area contributed by atoms with Crippen molar-refractivity contribution in [2.24, 2.45) is 0 Å². The third kappa shape index (κ3) is 4.49. The largest absolute Gasteiger partial charge is 0.452 e. The summed E-state index contributed by atoms with van der Waals surface area (Å²) in [6.07, 6.45) is 0.886. The van der Waals surface area contributed by atoms with Gasteiger partial charge in [-0.05, 0) is 54.4 Å². The average molecular weight is 463 g/mol. The van der Waals surface area contributed by atoms with Crippen molar-refractivity contribution in [1.29, 1.82) is 0 Å². The highest BCUT2D eigenvalue weighted by atomic mass is 35.5. The first-order valence-electron chi connectivity index (χ1n) is 10.2. The van der Waals surface area contributed by atoms with Gasteiger partial charge in [-0.15, -0.1) is 0 Å². The van der Waals surface area contributed by atoms with E-state index in [1.54, 1.807) is 36.4 Å². The first kappa shape index (κ1) is 22.2. The number of nitrogens with one attached hydrogen (secondary N) is 1. The summed E-state index contributed by atoms with van der Waals surface area (Å²) in [5, 5.41) is 2.90. The molecule has 0 radical (unpaired) electrons. The Morgan fingerprint density at radius 2 is 1.64 bits per heavy atom. The summed E-state index contributed by atoms with van der Waals surface area (Å²) in [7, 11) is 0. The van der Waals surface area contributed by atoms with Crippen LogP contribution in [0.4, 0.5) is 11.4 Å². The zero-order valence-corrected chi connectivity index (χ0v) is 18.4. The minimum atomic E-state index is -0.786. The summed E-state index contributed by atoms with van der Waals surface area (Å²) in [5.41, 5.74) is 2.26. The van der Waals surface area contributed by atoms with E-state index in [1.807, 2.05) is 19.1 Å². The number of anilines is 2. The smallest absolute Gasteiger partial charge is 0.338 e. The Hall–Kier alpha value is -3.97. The number of hydrogen-bond acceptors (Lipinski definition) is 5. The van der Waals surface area contributed by atoms with E-state index in [9.17, 15) is 19.2 Å². The van der Waals surface area contributed by atoms with Crippen LogP contribution in [0.5, 0.6) is 0 Å². The number of carbonyl (C=O) groups excluding carboxylic acids is 4. The average Bonchev–Trinajstić information content (AvgIpc) is 3.07. The predicted molar refractivity (Wildman–Crippen MR) is 124 cm³/mol. The van der Waals surface area contributed by atoms with Gasteiger partial charge in [0.2, 0.25) is 0 Å². The van der Waals surface area contributed by atoms with Crippen LogP contribution in [-0.2, 0) is 16.0 Å². The topological polar surface area (TPSA) is 92.8 Å². The molecule has 3 aromatic carbocycles. The summed E-state index contributed by atoms with van der Waals surface area (Å²) >= 11 is 6.15. The zero-order chi connectivity index (χ0) is 23.5. The summed E-state index contributed by atoms with van der Waals surface area (Å²) in [6, 6.07) is 17.9. The molecule has 3 aromatic rings. The predicted octanol–water partition coefficient (Wildman–Crippen LogP) is 4.50. The van der Waals surface area contributed by atoms with E-state index in [1.165, 1.54) is 18.2 Å². The molecule has 1 N–H and O–H groups in total. The molecular formula is C25H19ClN2O5. The second-order valence-electron chi connectivity index (χ2n) is 7.33. The van der Waals surface area contributed by atoms with Crippen molar-refractivity contribution in [3.63, 3.8) is 0 Å². The first-order chi connectivity index (χ1) is 15.9. The minimum Gasteiger partial charge on any atom is -0.452 e. The van der Waals surface area contributed by atoms with E-state index in [0.29, 0.717) is 5.69 Å². The molecule has 0 unspecified atom stereocenters. The lowest BCUT2D eigenvalue weighted by Gasteiger charge is -2.15. The fourth-order valence-electron chi connectivity index (χ4n) is 3.45. The normalized spacial score (nSPS) is 12.5. The van der Waals surface area contributed by atoms with Crippen molar-refractivity contribution in [2.75, 3.05) is 16.8 Å². The number of carbonyl (C=O) groups is 4. The molecule has 1 aliphatic rings. The Bertz CT molecular complexity index is 1270. The molecule has 0 fully saturated rings. The fourth-order valence-corrected chi connectivity index (χ4v) is 3.68. The quantitative estimate of drug-likeness (QED) is 0.430. The van der Waals surface area contributed by atoms with E-state index in [-0.39, 0.29) is 27.4 Å². The second-order valence-corrected chi connectivity index (χ2v) is 7.74. The van der Waals surface area contributed by atoms with Crippen LogP contribution in [-0.4, -0.2) is 30.3 Å². The van der Waals surface area contributed by atoms with Gasteiger partial charge < -0.3 is 10.1 Å². The van der Waals surface area contributed by atoms with Crippen molar-refractivity contribution < 1.29 is 23.9 Å². The van der Waals surface area contributed by atoms with E-state index < -0.39 is 30.3 Å². The van der Waals surface area contributed by atoms with Gasteiger partial charge in [-0.1, -0.05) is 42.8 Å². The third-order valence-electron chi connectivity index (χ3n) is 5.20. The maximum atomic E-state index is 12.9. The van der Waals surface area contributed by atoms with Gasteiger partial charge in [-0.2, -0.15) is 0 Å². The van der Waals surface area contributed by atoms with E-state index in [2.05, 4.69) is 5.32 Å². The number of nitrogens with zero attached hydrogens (tertiary/aromatic N) is 1. The number of aryl methyl sites for hydroxylation is 1. The molecule has 33 heavy (non-hydrogen) atoms. The molecule has 7 nitrogen and oxygen atoms in total. The van der Waals surface area contributed by atoms with Gasteiger partial charge in [-0.3, -0.25) is 14.4 Å². The zero-order valence-electron chi connectivity index (χ0n) is 17.6. The highest BCUT2D eigenvalue weighted by Crippen LogP contribution is 2.33. The number of fused-ring (bicyclic) bond motifs is 1. The van der Waals surface area contributed by atoms with Crippen LogP contribution in [0.2, 0.25) is 5.02 Å². The lowest BCUT2D eigenvalue weighted by molar-refractivity contribution is -0.119. The lowest BCUT2D eigenvalue weighted by Crippen LogP contribution is -2.29. The van der Waals surface area contributed by atoms with Gasteiger partial charge >= 0.3 is 5.97 Å².